The summed E-state index contributed by atoms with van der Waals surface area (Å²) in [6.45, 7) is 7.00. The van der Waals surface area contributed by atoms with E-state index in [0.29, 0.717) is 0 Å². The van der Waals surface area contributed by atoms with Crippen molar-refractivity contribution in [1.82, 2.24) is 14.7 Å². The zero-order valence-corrected chi connectivity index (χ0v) is 10.8. The maximum absolute atomic E-state index is 10.5. The molecule has 1 aliphatic rings. The Kier molecular flexibility index (Phi) is 3.68. The van der Waals surface area contributed by atoms with Crippen LogP contribution in [0.3, 0.4) is 0 Å². The van der Waals surface area contributed by atoms with Crippen LogP contribution in [0.2, 0.25) is 0 Å². The number of carboxylic acid groups (broad SMARTS) is 1. The van der Waals surface area contributed by atoms with Gasteiger partial charge in [-0.1, -0.05) is 0 Å². The van der Waals surface area contributed by atoms with Crippen LogP contribution in [-0.4, -0.2) is 51.1 Å². The summed E-state index contributed by atoms with van der Waals surface area (Å²) in [6.07, 6.45) is 1.80. The molecule has 0 aliphatic carbocycles. The summed E-state index contributed by atoms with van der Waals surface area (Å²) in [5, 5.41) is 12.8. The molecular weight excluding hydrogens is 234 g/mol. The van der Waals surface area contributed by atoms with Crippen LogP contribution in [0.15, 0.2) is 12.3 Å². The molecule has 0 bridgehead atoms. The van der Waals surface area contributed by atoms with Crippen molar-refractivity contribution in [3.8, 4) is 0 Å². The quantitative estimate of drug-likeness (QED) is 0.803. The fourth-order valence-corrected chi connectivity index (χ4v) is 2.35. The van der Waals surface area contributed by atoms with E-state index in [-0.39, 0.29) is 12.2 Å². The van der Waals surface area contributed by atoms with Gasteiger partial charge in [0.1, 0.15) is 6.61 Å². The predicted octanol–water partition coefficient (Wildman–Crippen LogP) is 0.579. The minimum Gasteiger partial charge on any atom is -0.480 e. The highest BCUT2D eigenvalue weighted by Crippen LogP contribution is 2.26. The van der Waals surface area contributed by atoms with Gasteiger partial charge in [-0.3, -0.25) is 9.58 Å². The van der Waals surface area contributed by atoms with Gasteiger partial charge >= 0.3 is 5.97 Å². The lowest BCUT2D eigenvalue weighted by atomic mass is 9.96. The first kappa shape index (κ1) is 13.0. The van der Waals surface area contributed by atoms with Crippen LogP contribution in [0.4, 0.5) is 0 Å². The van der Waals surface area contributed by atoms with Gasteiger partial charge < -0.3 is 9.84 Å². The number of hydrogen-bond acceptors (Lipinski definition) is 4. The lowest BCUT2D eigenvalue weighted by molar-refractivity contribution is -0.166. The number of carbonyl (C=O) groups is 1. The van der Waals surface area contributed by atoms with Crippen LogP contribution < -0.4 is 0 Å². The number of nitrogens with zero attached hydrogens (tertiary/aromatic N) is 3. The van der Waals surface area contributed by atoms with Crippen LogP contribution >= 0.6 is 0 Å². The van der Waals surface area contributed by atoms with Crippen molar-refractivity contribution in [2.24, 2.45) is 0 Å². The van der Waals surface area contributed by atoms with Crippen molar-refractivity contribution >= 4 is 5.97 Å². The topological polar surface area (TPSA) is 67.6 Å². The van der Waals surface area contributed by atoms with E-state index in [1.54, 1.807) is 6.20 Å². The number of ether oxygens (including phenoxy) is 1. The summed E-state index contributed by atoms with van der Waals surface area (Å²) in [6, 6.07) is 2.01. The summed E-state index contributed by atoms with van der Waals surface area (Å²) in [5.41, 5.74) is 0.855. The molecular formula is C12H19N3O3. The van der Waals surface area contributed by atoms with Crippen molar-refractivity contribution in [2.45, 2.75) is 32.5 Å². The molecule has 1 aromatic rings. The summed E-state index contributed by atoms with van der Waals surface area (Å²) >= 11 is 0. The summed E-state index contributed by atoms with van der Waals surface area (Å²) < 4.78 is 7.34. The molecule has 0 atom stereocenters. The van der Waals surface area contributed by atoms with E-state index in [0.717, 1.165) is 26.2 Å². The molecule has 100 valence electrons. The molecule has 6 nitrogen and oxygen atoms in total. The number of aromatic nitrogens is 2. The second-order valence-electron chi connectivity index (χ2n) is 4.92. The van der Waals surface area contributed by atoms with Crippen LogP contribution in [0.5, 0.6) is 0 Å². The molecule has 0 radical (unpaired) electrons. The summed E-state index contributed by atoms with van der Waals surface area (Å²) in [5.74, 6) is -0.918. The van der Waals surface area contributed by atoms with Crippen molar-refractivity contribution in [2.75, 3.05) is 19.7 Å². The molecule has 0 aromatic carbocycles. The Labute approximate surface area is 106 Å². The molecule has 18 heavy (non-hydrogen) atoms. The molecule has 1 saturated heterocycles. The molecule has 1 aliphatic heterocycles. The Bertz CT molecular complexity index is 424. The van der Waals surface area contributed by atoms with Crippen LogP contribution in [-0.2, 0) is 22.6 Å². The second kappa shape index (κ2) is 5.07. The molecule has 2 heterocycles. The molecule has 1 N–H and O–H groups in total. The van der Waals surface area contributed by atoms with Gasteiger partial charge in [0.2, 0.25) is 0 Å². The Hall–Kier alpha value is -1.40. The van der Waals surface area contributed by atoms with E-state index in [9.17, 15) is 4.79 Å². The highest BCUT2D eigenvalue weighted by Gasteiger charge is 2.40. The zero-order valence-electron chi connectivity index (χ0n) is 10.8. The monoisotopic (exact) mass is 253 g/mol. The van der Waals surface area contributed by atoms with Crippen molar-refractivity contribution < 1.29 is 14.6 Å². The Morgan fingerprint density at radius 3 is 2.94 bits per heavy atom. The van der Waals surface area contributed by atoms with Gasteiger partial charge in [0, 0.05) is 32.4 Å². The van der Waals surface area contributed by atoms with Gasteiger partial charge in [0.25, 0.3) is 0 Å². The maximum Gasteiger partial charge on any atom is 0.329 e. The fourth-order valence-electron chi connectivity index (χ4n) is 2.35. The summed E-state index contributed by atoms with van der Waals surface area (Å²) in [4.78, 5) is 12.7. The fraction of sp³-hybridized carbons (Fsp3) is 0.667. The number of hydrogen-bond donors (Lipinski definition) is 1. The van der Waals surface area contributed by atoms with Gasteiger partial charge in [0.05, 0.1) is 11.3 Å². The predicted molar refractivity (Wildman–Crippen MR) is 65.2 cm³/mol. The van der Waals surface area contributed by atoms with Crippen LogP contribution in [0.1, 0.15) is 19.5 Å². The lowest BCUT2D eigenvalue weighted by Crippen LogP contribution is -2.61. The molecule has 6 heteroatoms. The average molecular weight is 253 g/mol. The molecule has 0 spiro atoms. The van der Waals surface area contributed by atoms with Gasteiger partial charge in [-0.15, -0.1) is 0 Å². The third-order valence-corrected chi connectivity index (χ3v) is 3.15. The average Bonchev–Trinajstić information content (AvgIpc) is 2.71. The number of likely N-dealkylation sites (tertiary alicyclic amines) is 1. The third kappa shape index (κ3) is 2.88. The molecule has 1 fully saturated rings. The minimum absolute atomic E-state index is 0.225. The molecule has 0 amide bonds. The number of carboxylic acids is 1. The van der Waals surface area contributed by atoms with Crippen molar-refractivity contribution in [3.63, 3.8) is 0 Å². The Morgan fingerprint density at radius 1 is 1.61 bits per heavy atom. The van der Waals surface area contributed by atoms with Crippen LogP contribution in [0.25, 0.3) is 0 Å². The normalized spacial score (nSPS) is 18.6. The Morgan fingerprint density at radius 2 is 2.33 bits per heavy atom. The standard InChI is InChI=1S/C12H19N3O3/c1-3-15-10(4-5-13-15)6-14-8-12(2,9-14)18-7-11(16)17/h4-5H,3,6-9H2,1-2H3,(H,16,17). The van der Waals surface area contributed by atoms with E-state index in [1.807, 2.05) is 17.7 Å². The lowest BCUT2D eigenvalue weighted by Gasteiger charge is -2.47. The first-order valence-corrected chi connectivity index (χ1v) is 6.11. The van der Waals surface area contributed by atoms with E-state index >= 15 is 0 Å². The van der Waals surface area contributed by atoms with E-state index in [4.69, 9.17) is 9.84 Å². The number of aryl methyl sites for hydroxylation is 1. The molecule has 0 unspecified atom stereocenters. The zero-order chi connectivity index (χ0) is 13.2. The smallest absolute Gasteiger partial charge is 0.329 e. The van der Waals surface area contributed by atoms with Gasteiger partial charge in [-0.25, -0.2) is 4.79 Å². The van der Waals surface area contributed by atoms with Crippen molar-refractivity contribution in [3.05, 3.63) is 18.0 Å². The van der Waals surface area contributed by atoms with Gasteiger partial charge in [-0.05, 0) is 19.9 Å². The largest absolute Gasteiger partial charge is 0.480 e. The number of aliphatic carboxylic acids is 1. The first-order valence-electron chi connectivity index (χ1n) is 6.11. The van der Waals surface area contributed by atoms with E-state index in [1.165, 1.54) is 5.69 Å². The first-order chi connectivity index (χ1) is 8.52. The summed E-state index contributed by atoms with van der Waals surface area (Å²) in [7, 11) is 0. The van der Waals surface area contributed by atoms with Gasteiger partial charge in [0.15, 0.2) is 0 Å². The highest BCUT2D eigenvalue weighted by atomic mass is 16.5. The SMILES string of the molecule is CCn1nccc1CN1CC(C)(OCC(=O)O)C1. The second-order valence-corrected chi connectivity index (χ2v) is 4.92. The van der Waals surface area contributed by atoms with E-state index in [2.05, 4.69) is 16.9 Å². The van der Waals surface area contributed by atoms with Gasteiger partial charge in [-0.2, -0.15) is 5.10 Å². The van der Waals surface area contributed by atoms with Crippen molar-refractivity contribution in [1.29, 1.82) is 0 Å². The Balaban J connectivity index is 1.80. The third-order valence-electron chi connectivity index (χ3n) is 3.15. The number of rotatable bonds is 6. The minimum atomic E-state index is -0.918. The molecule has 1 aromatic heterocycles. The molecule has 0 saturated carbocycles. The maximum atomic E-state index is 10.5. The molecule has 2 rings (SSSR count). The van der Waals surface area contributed by atoms with Crippen LogP contribution in [0, 0.1) is 0 Å². The van der Waals surface area contributed by atoms with E-state index < -0.39 is 5.97 Å². The highest BCUT2D eigenvalue weighted by molar-refractivity contribution is 5.68.